The molecule has 0 radical (unpaired) electrons. The van der Waals surface area contributed by atoms with Crippen LogP contribution in [-0.4, -0.2) is 15.2 Å². The monoisotopic (exact) mass is 312 g/mol. The second-order valence-corrected chi connectivity index (χ2v) is 5.40. The Morgan fingerprint density at radius 1 is 1.22 bits per heavy atom. The van der Waals surface area contributed by atoms with E-state index in [9.17, 15) is 5.11 Å². The van der Waals surface area contributed by atoms with Gasteiger partial charge in [0.15, 0.2) is 10.4 Å². The molecule has 1 aliphatic carbocycles. The third-order valence-electron chi connectivity index (χ3n) is 3.30. The van der Waals surface area contributed by atoms with Crippen molar-refractivity contribution in [3.63, 3.8) is 0 Å². The number of aliphatic hydroxyl groups is 1. The summed E-state index contributed by atoms with van der Waals surface area (Å²) < 4.78 is 11.1. The van der Waals surface area contributed by atoms with Crippen molar-refractivity contribution in [3.8, 4) is 11.6 Å². The van der Waals surface area contributed by atoms with Crippen LogP contribution >= 0.6 is 15.9 Å². The van der Waals surface area contributed by atoms with Gasteiger partial charge in [-0.3, -0.25) is 0 Å². The van der Waals surface area contributed by atoms with Crippen molar-refractivity contribution in [2.24, 2.45) is 0 Å². The molecule has 1 saturated carbocycles. The second-order valence-electron chi connectivity index (χ2n) is 4.62. The van der Waals surface area contributed by atoms with Crippen LogP contribution < -0.4 is 0 Å². The first-order chi connectivity index (χ1) is 8.67. The van der Waals surface area contributed by atoms with Crippen molar-refractivity contribution < 1.29 is 14.0 Å². The highest BCUT2D eigenvalue weighted by atomic mass is 79.9. The number of furan rings is 1. The Hall–Kier alpha value is -1.14. The number of hydrogen-bond donors (Lipinski definition) is 1. The molecule has 2 heterocycles. The average Bonchev–Trinajstić information content (AvgIpc) is 2.98. The smallest absolute Gasteiger partial charge is 0.259 e. The van der Waals surface area contributed by atoms with Crippen LogP contribution in [-0.2, 0) is 5.60 Å². The molecule has 1 N–H and O–H groups in total. The van der Waals surface area contributed by atoms with Crippen LogP contribution in [0.15, 0.2) is 25.7 Å². The first kappa shape index (κ1) is 11.9. The zero-order valence-corrected chi connectivity index (χ0v) is 11.3. The van der Waals surface area contributed by atoms with Crippen molar-refractivity contribution in [1.29, 1.82) is 0 Å². The Morgan fingerprint density at radius 2 is 2.00 bits per heavy atom. The molecule has 3 rings (SSSR count). The lowest BCUT2D eigenvalue weighted by atomic mass is 9.85. The molecule has 1 fully saturated rings. The number of rotatable bonds is 2. The Labute approximate surface area is 112 Å². The van der Waals surface area contributed by atoms with Crippen molar-refractivity contribution in [1.82, 2.24) is 10.1 Å². The maximum Gasteiger partial charge on any atom is 0.259 e. The van der Waals surface area contributed by atoms with Gasteiger partial charge >= 0.3 is 0 Å². The SMILES string of the molecule is OC1(c2nc(-c3ccc(Br)o3)no2)CCCCC1. The summed E-state index contributed by atoms with van der Waals surface area (Å²) in [6.07, 6.45) is 4.47. The molecule has 0 spiro atoms. The van der Waals surface area contributed by atoms with E-state index < -0.39 is 5.60 Å². The predicted molar refractivity (Wildman–Crippen MR) is 66.7 cm³/mol. The quantitative estimate of drug-likeness (QED) is 0.921. The fourth-order valence-corrected chi connectivity index (χ4v) is 2.60. The van der Waals surface area contributed by atoms with Gasteiger partial charge in [0, 0.05) is 0 Å². The van der Waals surface area contributed by atoms with E-state index in [0.717, 1.165) is 19.3 Å². The summed E-state index contributed by atoms with van der Waals surface area (Å²) in [7, 11) is 0. The van der Waals surface area contributed by atoms with Gasteiger partial charge in [0.1, 0.15) is 5.60 Å². The van der Waals surface area contributed by atoms with E-state index in [1.165, 1.54) is 0 Å². The van der Waals surface area contributed by atoms with Gasteiger partial charge in [-0.25, -0.2) is 0 Å². The minimum atomic E-state index is -0.965. The van der Waals surface area contributed by atoms with Gasteiger partial charge < -0.3 is 14.0 Å². The average molecular weight is 313 g/mol. The summed E-state index contributed by atoms with van der Waals surface area (Å²) in [6, 6.07) is 3.52. The maximum atomic E-state index is 10.5. The Morgan fingerprint density at radius 3 is 2.67 bits per heavy atom. The fraction of sp³-hybridized carbons (Fsp3) is 0.500. The summed E-state index contributed by atoms with van der Waals surface area (Å²) >= 11 is 3.22. The zero-order valence-electron chi connectivity index (χ0n) is 9.73. The van der Waals surface area contributed by atoms with Crippen molar-refractivity contribution >= 4 is 15.9 Å². The first-order valence-corrected chi connectivity index (χ1v) is 6.79. The van der Waals surface area contributed by atoms with Crippen molar-refractivity contribution in [2.75, 3.05) is 0 Å². The highest BCUT2D eigenvalue weighted by Crippen LogP contribution is 2.36. The Balaban J connectivity index is 1.89. The van der Waals surface area contributed by atoms with Gasteiger partial charge in [-0.2, -0.15) is 4.98 Å². The molecule has 6 heteroatoms. The van der Waals surface area contributed by atoms with E-state index >= 15 is 0 Å². The van der Waals surface area contributed by atoms with Crippen LogP contribution in [0, 0.1) is 0 Å². The number of halogens is 1. The van der Waals surface area contributed by atoms with Crippen LogP contribution in [0.5, 0.6) is 0 Å². The molecule has 18 heavy (non-hydrogen) atoms. The number of hydrogen-bond acceptors (Lipinski definition) is 5. The first-order valence-electron chi connectivity index (χ1n) is 6.00. The molecule has 0 aromatic carbocycles. The standard InChI is InChI=1S/C12H13BrN2O3/c13-9-5-4-8(17-9)10-14-11(18-15-10)12(16)6-2-1-3-7-12/h4-5,16H,1-3,6-7H2. The normalized spacial score (nSPS) is 19.0. The molecule has 2 aromatic rings. The van der Waals surface area contributed by atoms with E-state index in [1.54, 1.807) is 12.1 Å². The minimum absolute atomic E-state index is 0.296. The number of nitrogens with zero attached hydrogens (tertiary/aromatic N) is 2. The molecule has 2 aromatic heterocycles. The highest BCUT2D eigenvalue weighted by Gasteiger charge is 2.37. The zero-order chi connectivity index (χ0) is 12.6. The molecular formula is C12H13BrN2O3. The molecule has 0 aliphatic heterocycles. The summed E-state index contributed by atoms with van der Waals surface area (Å²) in [5.74, 6) is 1.19. The summed E-state index contributed by atoms with van der Waals surface area (Å²) in [6.45, 7) is 0. The molecule has 0 saturated heterocycles. The van der Waals surface area contributed by atoms with Crippen LogP contribution in [0.1, 0.15) is 38.0 Å². The van der Waals surface area contributed by atoms with Crippen LogP contribution in [0.2, 0.25) is 0 Å². The van der Waals surface area contributed by atoms with E-state index in [1.807, 2.05) is 0 Å². The summed E-state index contributed by atoms with van der Waals surface area (Å²) in [4.78, 5) is 4.25. The van der Waals surface area contributed by atoms with Gasteiger partial charge in [-0.05, 0) is 40.9 Å². The third kappa shape index (κ3) is 2.10. The second kappa shape index (κ2) is 4.51. The fourth-order valence-electron chi connectivity index (χ4n) is 2.30. The minimum Gasteiger partial charge on any atom is -0.446 e. The van der Waals surface area contributed by atoms with Gasteiger partial charge in [0.05, 0.1) is 0 Å². The van der Waals surface area contributed by atoms with Crippen molar-refractivity contribution in [2.45, 2.75) is 37.7 Å². The lowest BCUT2D eigenvalue weighted by molar-refractivity contribution is -0.0287. The molecule has 0 bridgehead atoms. The van der Waals surface area contributed by atoms with E-state index in [4.69, 9.17) is 8.94 Å². The highest BCUT2D eigenvalue weighted by molar-refractivity contribution is 9.10. The van der Waals surface area contributed by atoms with Crippen LogP contribution in [0.3, 0.4) is 0 Å². The third-order valence-corrected chi connectivity index (χ3v) is 3.72. The molecule has 5 nitrogen and oxygen atoms in total. The summed E-state index contributed by atoms with van der Waals surface area (Å²) in [5.41, 5.74) is -0.965. The molecule has 1 aliphatic rings. The van der Waals surface area contributed by atoms with Crippen LogP contribution in [0.4, 0.5) is 0 Å². The van der Waals surface area contributed by atoms with E-state index in [-0.39, 0.29) is 0 Å². The molecular weight excluding hydrogens is 300 g/mol. The van der Waals surface area contributed by atoms with E-state index in [2.05, 4.69) is 26.1 Å². The van der Waals surface area contributed by atoms with Gasteiger partial charge in [-0.1, -0.05) is 24.4 Å². The maximum absolute atomic E-state index is 10.5. The molecule has 0 amide bonds. The summed E-state index contributed by atoms with van der Waals surface area (Å²) in [5, 5.41) is 14.3. The van der Waals surface area contributed by atoms with Crippen LogP contribution in [0.25, 0.3) is 11.6 Å². The van der Waals surface area contributed by atoms with Gasteiger partial charge in [-0.15, -0.1) is 0 Å². The molecule has 0 atom stereocenters. The van der Waals surface area contributed by atoms with Crippen molar-refractivity contribution in [3.05, 3.63) is 22.7 Å². The molecule has 96 valence electrons. The Bertz CT molecular complexity index is 543. The van der Waals surface area contributed by atoms with E-state index in [0.29, 0.717) is 35.0 Å². The predicted octanol–water partition coefficient (Wildman–Crippen LogP) is 3.24. The van der Waals surface area contributed by atoms with Gasteiger partial charge in [0.25, 0.3) is 5.89 Å². The topological polar surface area (TPSA) is 72.3 Å². The lowest BCUT2D eigenvalue weighted by Gasteiger charge is -2.27. The van der Waals surface area contributed by atoms with Gasteiger partial charge in [0.2, 0.25) is 5.82 Å². The lowest BCUT2D eigenvalue weighted by Crippen LogP contribution is -2.28. The largest absolute Gasteiger partial charge is 0.446 e. The number of aromatic nitrogens is 2. The molecule has 0 unspecified atom stereocenters. The Kier molecular flexibility index (Phi) is 2.99.